The van der Waals surface area contributed by atoms with Gasteiger partial charge in [0.15, 0.2) is 6.10 Å². The van der Waals surface area contributed by atoms with Crippen molar-refractivity contribution < 1.29 is 29.0 Å². The number of alkyl carbamates (subject to hydrolysis) is 1. The monoisotopic (exact) mass is 469 g/mol. The number of rotatable bonds is 11. The van der Waals surface area contributed by atoms with E-state index in [1.165, 1.54) is 7.11 Å². The van der Waals surface area contributed by atoms with E-state index in [9.17, 15) is 14.4 Å². The number of benzene rings is 2. The number of carbonyl (C=O) groups is 3. The predicted octanol–water partition coefficient (Wildman–Crippen LogP) is 2.06. The number of nitrogens with zero attached hydrogens (tertiary/aromatic N) is 1. The molecule has 34 heavy (non-hydrogen) atoms. The zero-order valence-corrected chi connectivity index (χ0v) is 19.6. The molecule has 0 radical (unpaired) electrons. The highest BCUT2D eigenvalue weighted by atomic mass is 16.5. The Labute approximate surface area is 199 Å². The fourth-order valence-electron chi connectivity index (χ4n) is 4.13. The summed E-state index contributed by atoms with van der Waals surface area (Å²) in [5.74, 6) is -1.61. The van der Waals surface area contributed by atoms with Gasteiger partial charge < -0.3 is 30.1 Å². The second-order valence-electron chi connectivity index (χ2n) is 8.43. The molecule has 0 bridgehead atoms. The molecule has 9 nitrogen and oxygen atoms in total. The van der Waals surface area contributed by atoms with Crippen LogP contribution in [0.1, 0.15) is 23.5 Å². The normalized spacial score (nSPS) is 14.1. The zero-order valence-electron chi connectivity index (χ0n) is 19.6. The number of ether oxygens (including phenoxy) is 2. The second kappa shape index (κ2) is 11.6. The molecule has 0 saturated carbocycles. The van der Waals surface area contributed by atoms with Crippen molar-refractivity contribution in [3.63, 3.8) is 0 Å². The molecular weight excluding hydrogens is 438 g/mol. The Bertz CT molecular complexity index is 980. The van der Waals surface area contributed by atoms with E-state index in [1.54, 1.807) is 19.0 Å². The first kappa shape index (κ1) is 25.2. The number of amides is 2. The number of hydrogen-bond acceptors (Lipinski definition) is 6. The zero-order chi connectivity index (χ0) is 24.7. The van der Waals surface area contributed by atoms with Crippen LogP contribution in [0.4, 0.5) is 4.79 Å². The first-order chi connectivity index (χ1) is 16.3. The van der Waals surface area contributed by atoms with E-state index < -0.39 is 30.1 Å². The minimum absolute atomic E-state index is 0.0822. The molecule has 1 aliphatic carbocycles. The standard InChI is InChI=1S/C25H31N3O6/c1-28(2)14-21(23(29)26-13-12-22(33-3)24(30)31)27-25(32)34-15-20-18-10-6-4-8-16(18)17-9-5-7-11-19(17)20/h4-11,20-22H,12-15H2,1-3H3,(H,26,29)(H,27,32)(H,30,31)/t21-,22?/m0/s1. The minimum Gasteiger partial charge on any atom is -0.479 e. The Morgan fingerprint density at radius 3 is 2.15 bits per heavy atom. The lowest BCUT2D eigenvalue weighted by Gasteiger charge is -2.22. The van der Waals surface area contributed by atoms with Gasteiger partial charge in [0, 0.05) is 32.5 Å². The van der Waals surface area contributed by atoms with Crippen molar-refractivity contribution in [1.29, 1.82) is 0 Å². The third-order valence-corrected chi connectivity index (χ3v) is 5.77. The third kappa shape index (κ3) is 6.12. The summed E-state index contributed by atoms with van der Waals surface area (Å²) in [7, 11) is 4.87. The van der Waals surface area contributed by atoms with Gasteiger partial charge in [-0.15, -0.1) is 0 Å². The molecule has 0 fully saturated rings. The van der Waals surface area contributed by atoms with Crippen LogP contribution in [0.5, 0.6) is 0 Å². The van der Waals surface area contributed by atoms with E-state index in [2.05, 4.69) is 22.8 Å². The molecule has 9 heteroatoms. The topological polar surface area (TPSA) is 117 Å². The number of methoxy groups -OCH3 is 1. The van der Waals surface area contributed by atoms with Crippen LogP contribution in [0.15, 0.2) is 48.5 Å². The molecule has 182 valence electrons. The number of carboxylic acid groups (broad SMARTS) is 1. The number of carboxylic acids is 1. The van der Waals surface area contributed by atoms with Gasteiger partial charge in [-0.25, -0.2) is 9.59 Å². The Balaban J connectivity index is 1.59. The fourth-order valence-corrected chi connectivity index (χ4v) is 4.13. The summed E-state index contributed by atoms with van der Waals surface area (Å²) in [6, 6.07) is 15.2. The maximum atomic E-state index is 12.6. The van der Waals surface area contributed by atoms with E-state index in [0.717, 1.165) is 22.3 Å². The van der Waals surface area contributed by atoms with Crippen molar-refractivity contribution in [2.75, 3.05) is 40.9 Å². The van der Waals surface area contributed by atoms with Gasteiger partial charge in [-0.1, -0.05) is 48.5 Å². The maximum Gasteiger partial charge on any atom is 0.407 e. The fraction of sp³-hybridized carbons (Fsp3) is 0.400. The molecule has 0 heterocycles. The van der Waals surface area contributed by atoms with E-state index >= 15 is 0 Å². The van der Waals surface area contributed by atoms with Crippen LogP contribution in [-0.2, 0) is 19.1 Å². The predicted molar refractivity (Wildman–Crippen MR) is 127 cm³/mol. The average Bonchev–Trinajstić information content (AvgIpc) is 3.13. The Hall–Kier alpha value is -3.43. The van der Waals surface area contributed by atoms with Crippen molar-refractivity contribution in [3.05, 3.63) is 59.7 Å². The van der Waals surface area contributed by atoms with Gasteiger partial charge in [-0.2, -0.15) is 0 Å². The molecule has 2 amide bonds. The van der Waals surface area contributed by atoms with Crippen LogP contribution in [0, 0.1) is 0 Å². The quantitative estimate of drug-likeness (QED) is 0.461. The maximum absolute atomic E-state index is 12.6. The molecule has 2 aromatic rings. The van der Waals surface area contributed by atoms with E-state index in [4.69, 9.17) is 14.6 Å². The van der Waals surface area contributed by atoms with Gasteiger partial charge in [0.05, 0.1) is 0 Å². The van der Waals surface area contributed by atoms with Crippen LogP contribution in [0.25, 0.3) is 11.1 Å². The van der Waals surface area contributed by atoms with E-state index in [0.29, 0.717) is 0 Å². The highest BCUT2D eigenvalue weighted by molar-refractivity contribution is 5.86. The summed E-state index contributed by atoms with van der Waals surface area (Å²) in [6.45, 7) is 0.493. The van der Waals surface area contributed by atoms with Crippen molar-refractivity contribution in [2.24, 2.45) is 0 Å². The largest absolute Gasteiger partial charge is 0.479 e. The first-order valence-electron chi connectivity index (χ1n) is 11.1. The van der Waals surface area contributed by atoms with Crippen molar-refractivity contribution in [2.45, 2.75) is 24.5 Å². The molecule has 1 aliphatic rings. The van der Waals surface area contributed by atoms with Crippen molar-refractivity contribution in [1.82, 2.24) is 15.5 Å². The summed E-state index contributed by atoms with van der Waals surface area (Å²) in [4.78, 5) is 38.1. The van der Waals surface area contributed by atoms with Crippen LogP contribution in [0.3, 0.4) is 0 Å². The highest BCUT2D eigenvalue weighted by Gasteiger charge is 2.30. The molecular formula is C25H31N3O6. The van der Waals surface area contributed by atoms with Crippen LogP contribution in [0.2, 0.25) is 0 Å². The SMILES string of the molecule is COC(CCNC(=O)[C@H](CN(C)C)NC(=O)OCC1c2ccccc2-c2ccccc21)C(=O)O. The molecule has 2 atom stereocenters. The molecule has 3 rings (SSSR count). The van der Waals surface area contributed by atoms with Crippen LogP contribution < -0.4 is 10.6 Å². The van der Waals surface area contributed by atoms with Crippen LogP contribution >= 0.6 is 0 Å². The Morgan fingerprint density at radius 2 is 1.62 bits per heavy atom. The van der Waals surface area contributed by atoms with Gasteiger partial charge in [0.25, 0.3) is 0 Å². The first-order valence-corrected chi connectivity index (χ1v) is 11.1. The van der Waals surface area contributed by atoms with Gasteiger partial charge >= 0.3 is 12.1 Å². The number of carbonyl (C=O) groups excluding carboxylic acids is 2. The number of aliphatic carboxylic acids is 1. The number of fused-ring (bicyclic) bond motifs is 3. The lowest BCUT2D eigenvalue weighted by molar-refractivity contribution is -0.149. The summed E-state index contributed by atoms with van der Waals surface area (Å²) >= 11 is 0. The van der Waals surface area contributed by atoms with E-state index in [1.807, 2.05) is 36.4 Å². The van der Waals surface area contributed by atoms with Crippen LogP contribution in [-0.4, -0.2) is 81.0 Å². The molecule has 0 saturated heterocycles. The number of likely N-dealkylation sites (N-methyl/N-ethyl adjacent to an activating group) is 1. The van der Waals surface area contributed by atoms with Gasteiger partial charge in [-0.05, 0) is 36.3 Å². The summed E-state index contributed by atoms with van der Waals surface area (Å²) < 4.78 is 10.4. The van der Waals surface area contributed by atoms with Gasteiger partial charge in [-0.3, -0.25) is 4.79 Å². The molecule has 2 aromatic carbocycles. The van der Waals surface area contributed by atoms with Gasteiger partial charge in [0.2, 0.25) is 5.91 Å². The molecule has 0 aromatic heterocycles. The number of nitrogens with one attached hydrogen (secondary N) is 2. The lowest BCUT2D eigenvalue weighted by Crippen LogP contribution is -2.52. The Morgan fingerprint density at radius 1 is 1.03 bits per heavy atom. The summed E-state index contributed by atoms with van der Waals surface area (Å²) in [5.41, 5.74) is 4.47. The molecule has 0 spiro atoms. The average molecular weight is 470 g/mol. The minimum atomic E-state index is -1.10. The molecule has 1 unspecified atom stereocenters. The molecule has 3 N–H and O–H groups in total. The lowest BCUT2D eigenvalue weighted by atomic mass is 9.98. The van der Waals surface area contributed by atoms with Gasteiger partial charge in [0.1, 0.15) is 12.6 Å². The smallest absolute Gasteiger partial charge is 0.407 e. The number of hydrogen-bond donors (Lipinski definition) is 3. The van der Waals surface area contributed by atoms with Crippen molar-refractivity contribution in [3.8, 4) is 11.1 Å². The third-order valence-electron chi connectivity index (χ3n) is 5.77. The summed E-state index contributed by atoms with van der Waals surface area (Å²) in [6.07, 6.45) is -1.59. The summed E-state index contributed by atoms with van der Waals surface area (Å²) in [5, 5.41) is 14.3. The highest BCUT2D eigenvalue weighted by Crippen LogP contribution is 2.44. The van der Waals surface area contributed by atoms with Crippen molar-refractivity contribution >= 4 is 18.0 Å². The van der Waals surface area contributed by atoms with E-state index in [-0.39, 0.29) is 32.0 Å². The Kier molecular flexibility index (Phi) is 8.61. The molecule has 0 aliphatic heterocycles. The second-order valence-corrected chi connectivity index (χ2v) is 8.43.